The first-order valence-electron chi connectivity index (χ1n) is 10.9. The van der Waals surface area contributed by atoms with Crippen LogP contribution in [-0.4, -0.2) is 41.3 Å². The minimum Gasteiger partial charge on any atom is -0.480 e. The number of carboxylic acids is 1. The van der Waals surface area contributed by atoms with Gasteiger partial charge in [0.15, 0.2) is 0 Å². The lowest BCUT2D eigenvalue weighted by Gasteiger charge is -2.23. The summed E-state index contributed by atoms with van der Waals surface area (Å²) >= 11 is 0. The van der Waals surface area contributed by atoms with E-state index in [9.17, 15) is 19.5 Å². The first-order valence-corrected chi connectivity index (χ1v) is 10.9. The molecule has 2 unspecified atom stereocenters. The number of fused-ring (bicyclic) bond motifs is 3. The number of alkyl carbamates (subject to hydrolysis) is 1. The number of hydrogen-bond acceptors (Lipinski definition) is 4. The van der Waals surface area contributed by atoms with E-state index in [1.54, 1.807) is 0 Å². The largest absolute Gasteiger partial charge is 0.480 e. The third-order valence-corrected chi connectivity index (χ3v) is 6.44. The van der Waals surface area contributed by atoms with Crippen LogP contribution in [-0.2, 0) is 14.3 Å². The molecule has 7 nitrogen and oxygen atoms in total. The smallest absolute Gasteiger partial charge is 0.407 e. The van der Waals surface area contributed by atoms with Gasteiger partial charge in [0.1, 0.15) is 12.1 Å². The number of benzene rings is 2. The van der Waals surface area contributed by atoms with Crippen LogP contribution in [0.15, 0.2) is 48.5 Å². The van der Waals surface area contributed by atoms with Crippen LogP contribution in [0, 0.1) is 5.92 Å². The zero-order valence-corrected chi connectivity index (χ0v) is 18.3. The maximum absolute atomic E-state index is 12.5. The van der Waals surface area contributed by atoms with E-state index in [-0.39, 0.29) is 30.4 Å². The van der Waals surface area contributed by atoms with Crippen molar-refractivity contribution in [3.05, 3.63) is 59.7 Å². The summed E-state index contributed by atoms with van der Waals surface area (Å²) in [5.41, 5.74) is 3.33. The van der Waals surface area contributed by atoms with Crippen LogP contribution >= 0.6 is 0 Å². The molecule has 0 bridgehead atoms. The number of carbonyl (C=O) groups excluding carboxylic acids is 2. The van der Waals surface area contributed by atoms with Gasteiger partial charge >= 0.3 is 12.1 Å². The molecule has 0 radical (unpaired) electrons. The van der Waals surface area contributed by atoms with Crippen LogP contribution in [0.3, 0.4) is 0 Å². The molecule has 168 valence electrons. The lowest BCUT2D eigenvalue weighted by Crippen LogP contribution is -2.51. The van der Waals surface area contributed by atoms with Gasteiger partial charge in [0.2, 0.25) is 5.91 Å². The fraction of sp³-hybridized carbons (Fsp3) is 0.400. The molecule has 0 saturated heterocycles. The SMILES string of the molecule is CC(C)(NC(=O)C1CCC(NC(=O)OCC2c3ccccc3-c3ccccc32)C1)C(=O)O. The van der Waals surface area contributed by atoms with Crippen molar-refractivity contribution in [3.63, 3.8) is 0 Å². The van der Waals surface area contributed by atoms with Gasteiger partial charge in [0.05, 0.1) is 0 Å². The number of amides is 2. The van der Waals surface area contributed by atoms with Gasteiger partial charge in [-0.05, 0) is 55.4 Å². The van der Waals surface area contributed by atoms with Crippen LogP contribution in [0.2, 0.25) is 0 Å². The minimum absolute atomic E-state index is 0.00601. The number of ether oxygens (including phenoxy) is 1. The third-order valence-electron chi connectivity index (χ3n) is 6.44. The molecule has 0 aliphatic heterocycles. The summed E-state index contributed by atoms with van der Waals surface area (Å²) in [7, 11) is 0. The first kappa shape index (κ1) is 21.9. The molecule has 0 spiro atoms. The molecular formula is C25H28N2O5. The highest BCUT2D eigenvalue weighted by atomic mass is 16.5. The molecule has 0 aromatic heterocycles. The third kappa shape index (κ3) is 4.33. The van der Waals surface area contributed by atoms with Gasteiger partial charge < -0.3 is 20.5 Å². The van der Waals surface area contributed by atoms with Crippen molar-refractivity contribution in [1.82, 2.24) is 10.6 Å². The summed E-state index contributed by atoms with van der Waals surface area (Å²) < 4.78 is 5.58. The van der Waals surface area contributed by atoms with E-state index in [4.69, 9.17) is 4.74 Å². The van der Waals surface area contributed by atoms with Crippen molar-refractivity contribution in [2.24, 2.45) is 5.92 Å². The zero-order valence-electron chi connectivity index (χ0n) is 18.3. The average Bonchev–Trinajstić information content (AvgIpc) is 3.35. The van der Waals surface area contributed by atoms with E-state index < -0.39 is 17.6 Å². The van der Waals surface area contributed by atoms with Crippen LogP contribution in [0.4, 0.5) is 4.79 Å². The summed E-state index contributed by atoms with van der Waals surface area (Å²) in [6.07, 6.45) is 1.21. The number of carbonyl (C=O) groups is 3. The van der Waals surface area contributed by atoms with E-state index in [0.717, 1.165) is 11.1 Å². The Balaban J connectivity index is 1.31. The van der Waals surface area contributed by atoms with Gasteiger partial charge in [-0.25, -0.2) is 9.59 Å². The Morgan fingerprint density at radius 3 is 2.19 bits per heavy atom. The highest BCUT2D eigenvalue weighted by Crippen LogP contribution is 2.44. The molecule has 2 atom stereocenters. The standard InChI is InChI=1S/C25H28N2O5/c1-25(2,23(29)30)27-22(28)15-11-12-16(13-15)26-24(31)32-14-21-19-9-5-3-7-17(19)18-8-4-6-10-20(18)21/h3-10,15-16,21H,11-14H2,1-2H3,(H,26,31)(H,27,28)(H,29,30). The Morgan fingerprint density at radius 2 is 1.59 bits per heavy atom. The van der Waals surface area contributed by atoms with Crippen molar-refractivity contribution >= 4 is 18.0 Å². The Kier molecular flexibility index (Phi) is 5.91. The summed E-state index contributed by atoms with van der Waals surface area (Å²) in [5, 5.41) is 14.6. The monoisotopic (exact) mass is 436 g/mol. The number of hydrogen-bond donors (Lipinski definition) is 3. The van der Waals surface area contributed by atoms with Crippen molar-refractivity contribution in [2.45, 2.75) is 50.6 Å². The molecule has 2 aromatic rings. The molecule has 2 aliphatic carbocycles. The number of aliphatic carboxylic acids is 1. The van der Waals surface area contributed by atoms with Gasteiger partial charge in [-0.1, -0.05) is 48.5 Å². The maximum atomic E-state index is 12.5. The molecule has 1 saturated carbocycles. The highest BCUT2D eigenvalue weighted by Gasteiger charge is 2.36. The number of carboxylic acid groups (broad SMARTS) is 1. The average molecular weight is 437 g/mol. The zero-order chi connectivity index (χ0) is 22.9. The first-order chi connectivity index (χ1) is 15.3. The summed E-state index contributed by atoms with van der Waals surface area (Å²) in [6.45, 7) is 3.15. The van der Waals surface area contributed by atoms with E-state index in [1.807, 2.05) is 24.3 Å². The maximum Gasteiger partial charge on any atom is 0.407 e. The topological polar surface area (TPSA) is 105 Å². The number of rotatable bonds is 6. The van der Waals surface area contributed by atoms with Crippen molar-refractivity contribution in [1.29, 1.82) is 0 Å². The van der Waals surface area contributed by atoms with Gasteiger partial charge in [-0.2, -0.15) is 0 Å². The van der Waals surface area contributed by atoms with Gasteiger partial charge in [0, 0.05) is 17.9 Å². The van der Waals surface area contributed by atoms with Gasteiger partial charge in [0.25, 0.3) is 0 Å². The Morgan fingerprint density at radius 1 is 1.00 bits per heavy atom. The number of nitrogens with one attached hydrogen (secondary N) is 2. The predicted octanol–water partition coefficient (Wildman–Crippen LogP) is 3.67. The van der Waals surface area contributed by atoms with Crippen LogP contribution in [0.5, 0.6) is 0 Å². The molecule has 4 rings (SSSR count). The van der Waals surface area contributed by atoms with Gasteiger partial charge in [-0.3, -0.25) is 4.79 Å². The molecule has 1 fully saturated rings. The second-order valence-corrected chi connectivity index (χ2v) is 9.10. The van der Waals surface area contributed by atoms with Crippen molar-refractivity contribution in [2.75, 3.05) is 6.61 Å². The highest BCUT2D eigenvalue weighted by molar-refractivity contribution is 5.87. The molecule has 3 N–H and O–H groups in total. The fourth-order valence-corrected chi connectivity index (χ4v) is 4.62. The van der Waals surface area contributed by atoms with E-state index in [2.05, 4.69) is 34.9 Å². The Labute approximate surface area is 187 Å². The molecule has 2 amide bonds. The lowest BCUT2D eigenvalue weighted by atomic mass is 9.98. The van der Waals surface area contributed by atoms with Crippen molar-refractivity contribution in [3.8, 4) is 11.1 Å². The summed E-state index contributed by atoms with van der Waals surface area (Å²) in [5.74, 6) is -1.72. The second kappa shape index (κ2) is 8.65. The molecule has 2 aliphatic rings. The fourth-order valence-electron chi connectivity index (χ4n) is 4.62. The molecule has 2 aromatic carbocycles. The van der Waals surface area contributed by atoms with E-state index in [1.165, 1.54) is 25.0 Å². The normalized spacial score (nSPS) is 19.7. The Hall–Kier alpha value is -3.35. The molecular weight excluding hydrogens is 408 g/mol. The van der Waals surface area contributed by atoms with Crippen LogP contribution < -0.4 is 10.6 Å². The molecule has 32 heavy (non-hydrogen) atoms. The summed E-state index contributed by atoms with van der Waals surface area (Å²) in [6, 6.07) is 16.1. The van der Waals surface area contributed by atoms with Crippen LogP contribution in [0.1, 0.15) is 50.2 Å². The van der Waals surface area contributed by atoms with E-state index in [0.29, 0.717) is 19.3 Å². The molecule has 7 heteroatoms. The minimum atomic E-state index is -1.32. The lowest BCUT2D eigenvalue weighted by molar-refractivity contribution is -0.146. The molecule has 0 heterocycles. The Bertz CT molecular complexity index is 1000. The van der Waals surface area contributed by atoms with Gasteiger partial charge in [-0.15, -0.1) is 0 Å². The quantitative estimate of drug-likeness (QED) is 0.641. The predicted molar refractivity (Wildman–Crippen MR) is 119 cm³/mol. The van der Waals surface area contributed by atoms with E-state index >= 15 is 0 Å². The van der Waals surface area contributed by atoms with Crippen LogP contribution in [0.25, 0.3) is 11.1 Å². The van der Waals surface area contributed by atoms with Crippen molar-refractivity contribution < 1.29 is 24.2 Å². The second-order valence-electron chi connectivity index (χ2n) is 9.10. The summed E-state index contributed by atoms with van der Waals surface area (Å²) in [4.78, 5) is 36.1.